The lowest BCUT2D eigenvalue weighted by Crippen LogP contribution is -2.07. The van der Waals surface area contributed by atoms with Gasteiger partial charge in [0.15, 0.2) is 0 Å². The van der Waals surface area contributed by atoms with E-state index in [-0.39, 0.29) is 6.04 Å². The van der Waals surface area contributed by atoms with Gasteiger partial charge in [0, 0.05) is 10.9 Å². The van der Waals surface area contributed by atoms with Crippen molar-refractivity contribution in [2.45, 2.75) is 24.3 Å². The van der Waals surface area contributed by atoms with Gasteiger partial charge in [0.2, 0.25) is 0 Å². The van der Waals surface area contributed by atoms with Gasteiger partial charge in [-0.25, -0.2) is 0 Å². The van der Waals surface area contributed by atoms with Gasteiger partial charge in [-0.3, -0.25) is 0 Å². The third-order valence-electron chi connectivity index (χ3n) is 1.98. The average molecular weight is 181 g/mol. The minimum atomic E-state index is 0.195. The molecule has 0 spiro atoms. The van der Waals surface area contributed by atoms with Crippen LogP contribution < -0.4 is 5.73 Å². The van der Waals surface area contributed by atoms with Crippen molar-refractivity contribution in [3.8, 4) is 0 Å². The molecule has 0 aliphatic rings. The summed E-state index contributed by atoms with van der Waals surface area (Å²) in [5.41, 5.74) is 7.11. The zero-order chi connectivity index (χ0) is 8.97. The maximum Gasteiger partial charge on any atom is 0.0292 e. The second kappa shape index (κ2) is 4.53. The minimum Gasteiger partial charge on any atom is -0.324 e. The molecule has 0 unspecified atom stereocenters. The number of nitrogens with two attached hydrogens (primary N) is 1. The second-order valence-electron chi connectivity index (χ2n) is 2.79. The van der Waals surface area contributed by atoms with Crippen LogP contribution in [0.15, 0.2) is 29.2 Å². The van der Waals surface area contributed by atoms with Gasteiger partial charge in [-0.05, 0) is 30.4 Å². The Labute approximate surface area is 78.4 Å². The second-order valence-corrected chi connectivity index (χ2v) is 3.67. The van der Waals surface area contributed by atoms with Crippen molar-refractivity contribution in [3.05, 3.63) is 29.8 Å². The number of thioether (sulfide) groups is 1. The smallest absolute Gasteiger partial charge is 0.0292 e. The van der Waals surface area contributed by atoms with Crippen LogP contribution in [0.3, 0.4) is 0 Å². The molecule has 0 amide bonds. The third-order valence-corrected chi connectivity index (χ3v) is 2.73. The van der Waals surface area contributed by atoms with Crippen molar-refractivity contribution in [1.29, 1.82) is 0 Å². The Morgan fingerprint density at radius 1 is 1.33 bits per heavy atom. The van der Waals surface area contributed by atoms with Gasteiger partial charge in [-0.2, -0.15) is 0 Å². The highest BCUT2D eigenvalue weighted by atomic mass is 32.2. The lowest BCUT2D eigenvalue weighted by molar-refractivity contribution is 0.698. The highest BCUT2D eigenvalue weighted by molar-refractivity contribution is 7.98. The van der Waals surface area contributed by atoms with Crippen molar-refractivity contribution in [3.63, 3.8) is 0 Å². The predicted octanol–water partition coefficient (Wildman–Crippen LogP) is 2.82. The van der Waals surface area contributed by atoms with Crippen LogP contribution in [0.1, 0.15) is 24.9 Å². The molecule has 0 heterocycles. The van der Waals surface area contributed by atoms with Crippen LogP contribution >= 0.6 is 11.8 Å². The Morgan fingerprint density at radius 2 is 1.92 bits per heavy atom. The molecule has 2 heteroatoms. The molecule has 0 saturated carbocycles. The standard InChI is InChI=1S/C10H15NS/c1-3-10(11)8-4-6-9(12-2)7-5-8/h4-7,10H,3,11H2,1-2H3/t10-/m0/s1. The van der Waals surface area contributed by atoms with E-state index < -0.39 is 0 Å². The molecule has 1 rings (SSSR count). The summed E-state index contributed by atoms with van der Waals surface area (Å²) in [5.74, 6) is 0. The summed E-state index contributed by atoms with van der Waals surface area (Å²) in [4.78, 5) is 1.29. The van der Waals surface area contributed by atoms with E-state index in [0.717, 1.165) is 6.42 Å². The summed E-state index contributed by atoms with van der Waals surface area (Å²) in [6.45, 7) is 2.10. The molecule has 1 aromatic rings. The fourth-order valence-electron chi connectivity index (χ4n) is 1.09. The number of hydrogen-bond acceptors (Lipinski definition) is 2. The maximum absolute atomic E-state index is 5.88. The molecule has 0 aliphatic carbocycles. The first kappa shape index (κ1) is 9.62. The fourth-order valence-corrected chi connectivity index (χ4v) is 1.50. The molecule has 2 N–H and O–H groups in total. The van der Waals surface area contributed by atoms with Crippen LogP contribution in [0.4, 0.5) is 0 Å². The zero-order valence-corrected chi connectivity index (χ0v) is 8.40. The largest absolute Gasteiger partial charge is 0.324 e. The van der Waals surface area contributed by atoms with Gasteiger partial charge in [0.1, 0.15) is 0 Å². The van der Waals surface area contributed by atoms with E-state index in [1.807, 2.05) is 0 Å². The number of hydrogen-bond donors (Lipinski definition) is 1. The Kier molecular flexibility index (Phi) is 3.63. The molecule has 0 aromatic heterocycles. The molecule has 0 saturated heterocycles. The van der Waals surface area contributed by atoms with Gasteiger partial charge in [-0.15, -0.1) is 11.8 Å². The summed E-state index contributed by atoms with van der Waals surface area (Å²) < 4.78 is 0. The molecule has 1 atom stereocenters. The van der Waals surface area contributed by atoms with Gasteiger partial charge >= 0.3 is 0 Å². The Hall–Kier alpha value is -0.470. The number of benzene rings is 1. The van der Waals surface area contributed by atoms with Crippen molar-refractivity contribution in [2.24, 2.45) is 5.73 Å². The fraction of sp³-hybridized carbons (Fsp3) is 0.400. The van der Waals surface area contributed by atoms with Crippen LogP contribution in [0, 0.1) is 0 Å². The van der Waals surface area contributed by atoms with E-state index in [2.05, 4.69) is 37.4 Å². The Balaban J connectivity index is 2.77. The van der Waals surface area contributed by atoms with Crippen molar-refractivity contribution >= 4 is 11.8 Å². The summed E-state index contributed by atoms with van der Waals surface area (Å²) in [6.07, 6.45) is 3.08. The Morgan fingerprint density at radius 3 is 2.33 bits per heavy atom. The van der Waals surface area contributed by atoms with E-state index in [1.54, 1.807) is 11.8 Å². The molecule has 66 valence electrons. The molecule has 0 bridgehead atoms. The first-order chi connectivity index (χ1) is 5.77. The van der Waals surface area contributed by atoms with E-state index in [1.165, 1.54) is 10.5 Å². The summed E-state index contributed by atoms with van der Waals surface area (Å²) in [5, 5.41) is 0. The first-order valence-electron chi connectivity index (χ1n) is 4.17. The van der Waals surface area contributed by atoms with E-state index in [0.29, 0.717) is 0 Å². The van der Waals surface area contributed by atoms with E-state index in [9.17, 15) is 0 Å². The SMILES string of the molecule is CC[C@H](N)c1ccc(SC)cc1. The monoisotopic (exact) mass is 181 g/mol. The molecule has 12 heavy (non-hydrogen) atoms. The van der Waals surface area contributed by atoms with E-state index in [4.69, 9.17) is 5.73 Å². The maximum atomic E-state index is 5.88. The zero-order valence-electron chi connectivity index (χ0n) is 7.58. The first-order valence-corrected chi connectivity index (χ1v) is 5.40. The van der Waals surface area contributed by atoms with Gasteiger partial charge in [0.05, 0.1) is 0 Å². The van der Waals surface area contributed by atoms with Crippen LogP contribution in [-0.2, 0) is 0 Å². The molecule has 1 aromatic carbocycles. The highest BCUT2D eigenvalue weighted by Crippen LogP contribution is 2.19. The molecule has 0 radical (unpaired) electrons. The molecule has 0 aliphatic heterocycles. The molecule has 1 nitrogen and oxygen atoms in total. The van der Waals surface area contributed by atoms with Gasteiger partial charge < -0.3 is 5.73 Å². The lowest BCUT2D eigenvalue weighted by Gasteiger charge is -2.08. The predicted molar refractivity (Wildman–Crippen MR) is 55.4 cm³/mol. The van der Waals surface area contributed by atoms with Gasteiger partial charge in [0.25, 0.3) is 0 Å². The number of rotatable bonds is 3. The van der Waals surface area contributed by atoms with Gasteiger partial charge in [-0.1, -0.05) is 19.1 Å². The summed E-state index contributed by atoms with van der Waals surface area (Å²) in [6, 6.07) is 8.66. The van der Waals surface area contributed by atoms with Crippen LogP contribution in [0.5, 0.6) is 0 Å². The normalized spacial score (nSPS) is 12.9. The average Bonchev–Trinajstić information content (AvgIpc) is 2.17. The van der Waals surface area contributed by atoms with Crippen molar-refractivity contribution in [2.75, 3.05) is 6.26 Å². The van der Waals surface area contributed by atoms with Crippen LogP contribution in [0.25, 0.3) is 0 Å². The van der Waals surface area contributed by atoms with Crippen molar-refractivity contribution in [1.82, 2.24) is 0 Å². The van der Waals surface area contributed by atoms with Crippen LogP contribution in [-0.4, -0.2) is 6.26 Å². The van der Waals surface area contributed by atoms with E-state index >= 15 is 0 Å². The lowest BCUT2D eigenvalue weighted by atomic mass is 10.1. The van der Waals surface area contributed by atoms with Crippen molar-refractivity contribution < 1.29 is 0 Å². The molecular weight excluding hydrogens is 166 g/mol. The topological polar surface area (TPSA) is 26.0 Å². The molecular formula is C10H15NS. The third kappa shape index (κ3) is 2.26. The molecule has 0 fully saturated rings. The van der Waals surface area contributed by atoms with Crippen LogP contribution in [0.2, 0.25) is 0 Å². The highest BCUT2D eigenvalue weighted by Gasteiger charge is 2.01. The quantitative estimate of drug-likeness (QED) is 0.726. The Bertz CT molecular complexity index is 230. The summed E-state index contributed by atoms with van der Waals surface area (Å²) in [7, 11) is 0. The minimum absolute atomic E-state index is 0.195. The summed E-state index contributed by atoms with van der Waals surface area (Å²) >= 11 is 1.76.